The molecule has 166 valence electrons. The van der Waals surface area contributed by atoms with Crippen LogP contribution < -0.4 is 10.8 Å². The van der Waals surface area contributed by atoms with E-state index in [1.54, 1.807) is 42.5 Å². The second kappa shape index (κ2) is 12.7. The van der Waals surface area contributed by atoms with Gasteiger partial charge in [0.05, 0.1) is 6.10 Å². The second-order valence-corrected chi connectivity index (χ2v) is 7.39. The largest absolute Gasteiger partial charge is 0.508 e. The number of ether oxygens (including phenoxy) is 2. The van der Waals surface area contributed by atoms with Crippen molar-refractivity contribution in [2.75, 3.05) is 11.9 Å². The molecule has 0 saturated heterocycles. The number of hydrogen-bond acceptors (Lipinski definition) is 6. The number of halogens is 1. The van der Waals surface area contributed by atoms with E-state index in [2.05, 4.69) is 21.2 Å². The number of carbonyl (C=O) groups is 2. The Hall–Kier alpha value is -2.88. The summed E-state index contributed by atoms with van der Waals surface area (Å²) in [5.74, 6) is -0.687. The highest BCUT2D eigenvalue weighted by Crippen LogP contribution is 2.35. The number of benzene rings is 2. The van der Waals surface area contributed by atoms with Crippen LogP contribution in [-0.4, -0.2) is 35.0 Å². The number of aromatic hydroxyl groups is 1. The van der Waals surface area contributed by atoms with Crippen LogP contribution in [0.4, 0.5) is 10.5 Å². The first-order chi connectivity index (χ1) is 14.9. The van der Waals surface area contributed by atoms with Crippen LogP contribution in [0.3, 0.4) is 0 Å². The Kier molecular flexibility index (Phi) is 10.0. The molecule has 31 heavy (non-hydrogen) atoms. The van der Waals surface area contributed by atoms with Crippen molar-refractivity contribution in [3.05, 3.63) is 70.7 Å². The third-order valence-corrected chi connectivity index (χ3v) is 4.76. The Morgan fingerprint density at radius 3 is 2.61 bits per heavy atom. The van der Waals surface area contributed by atoms with Crippen molar-refractivity contribution in [1.82, 2.24) is 5.48 Å². The molecule has 2 atom stereocenters. The first kappa shape index (κ1) is 24.4. The zero-order valence-corrected chi connectivity index (χ0v) is 18.5. The molecule has 0 aromatic heterocycles. The van der Waals surface area contributed by atoms with Crippen molar-refractivity contribution in [2.45, 2.75) is 32.0 Å². The van der Waals surface area contributed by atoms with Gasteiger partial charge in [-0.15, -0.1) is 0 Å². The summed E-state index contributed by atoms with van der Waals surface area (Å²) in [6.07, 6.45) is 1.34. The summed E-state index contributed by atoms with van der Waals surface area (Å²) >= 11 is 3.37. The monoisotopic (exact) mass is 492 g/mol. The minimum absolute atomic E-state index is 0.0411. The maximum Gasteiger partial charge on any atom is 0.412 e. The van der Waals surface area contributed by atoms with Gasteiger partial charge >= 0.3 is 6.09 Å². The molecule has 2 aromatic rings. The molecule has 2 aromatic carbocycles. The Balaban J connectivity index is 2.25. The summed E-state index contributed by atoms with van der Waals surface area (Å²) in [6.45, 7) is 2.16. The lowest BCUT2D eigenvalue weighted by Crippen LogP contribution is -2.29. The van der Waals surface area contributed by atoms with Crippen LogP contribution in [0.1, 0.15) is 31.4 Å². The average molecular weight is 493 g/mol. The summed E-state index contributed by atoms with van der Waals surface area (Å²) in [5, 5.41) is 21.6. The highest BCUT2D eigenvalue weighted by molar-refractivity contribution is 9.10. The van der Waals surface area contributed by atoms with Gasteiger partial charge in [0, 0.05) is 28.4 Å². The predicted octanol–water partition coefficient (Wildman–Crippen LogP) is 4.69. The standard InChI is InChI=1S/C22H25BrN2O6/c1-2-30-19(10-6-7-11-20(27)25-29)21(17-14-15(23)12-13-18(17)26)31-22(28)24-16-8-4-3-5-9-16/h3-5,7-9,11-14,19,21,26,29H,2,6,10H2,1H3,(H,24,28)(H,25,27)/b11-7+/t19-,21-/m0/s1. The summed E-state index contributed by atoms with van der Waals surface area (Å²) in [6, 6.07) is 13.7. The van der Waals surface area contributed by atoms with Gasteiger partial charge in [0.25, 0.3) is 5.91 Å². The highest BCUT2D eigenvalue weighted by atomic mass is 79.9. The molecule has 0 heterocycles. The van der Waals surface area contributed by atoms with Crippen molar-refractivity contribution >= 4 is 33.6 Å². The maximum atomic E-state index is 12.6. The number of hydroxylamine groups is 1. The number of nitrogens with one attached hydrogen (secondary N) is 2. The number of rotatable bonds is 10. The van der Waals surface area contributed by atoms with Gasteiger partial charge in [-0.3, -0.25) is 15.3 Å². The molecule has 0 unspecified atom stereocenters. The molecule has 2 rings (SSSR count). The summed E-state index contributed by atoms with van der Waals surface area (Å²) in [7, 11) is 0. The van der Waals surface area contributed by atoms with Crippen LogP contribution in [0.25, 0.3) is 0 Å². The molecule has 0 radical (unpaired) electrons. The zero-order chi connectivity index (χ0) is 22.6. The molecule has 0 bridgehead atoms. The predicted molar refractivity (Wildman–Crippen MR) is 119 cm³/mol. The number of para-hydroxylation sites is 1. The number of phenols is 1. The zero-order valence-electron chi connectivity index (χ0n) is 17.0. The maximum absolute atomic E-state index is 12.6. The van der Waals surface area contributed by atoms with Gasteiger partial charge in [-0.25, -0.2) is 10.3 Å². The Morgan fingerprint density at radius 2 is 1.94 bits per heavy atom. The summed E-state index contributed by atoms with van der Waals surface area (Å²) in [4.78, 5) is 23.7. The molecule has 8 nitrogen and oxygen atoms in total. The molecule has 4 N–H and O–H groups in total. The van der Waals surface area contributed by atoms with Crippen molar-refractivity contribution in [1.29, 1.82) is 0 Å². The quantitative estimate of drug-likeness (QED) is 0.217. The normalized spacial score (nSPS) is 12.9. The Morgan fingerprint density at radius 1 is 1.19 bits per heavy atom. The molecule has 0 aliphatic carbocycles. The lowest BCUT2D eigenvalue weighted by molar-refractivity contribution is -0.124. The van der Waals surface area contributed by atoms with Crippen LogP contribution in [0, 0.1) is 0 Å². The van der Waals surface area contributed by atoms with E-state index in [1.165, 1.54) is 17.6 Å². The number of hydrogen-bond donors (Lipinski definition) is 4. The smallest absolute Gasteiger partial charge is 0.412 e. The number of anilines is 1. The lowest BCUT2D eigenvalue weighted by Gasteiger charge is -2.28. The topological polar surface area (TPSA) is 117 Å². The van der Waals surface area contributed by atoms with Gasteiger partial charge in [-0.2, -0.15) is 0 Å². The van der Waals surface area contributed by atoms with Crippen molar-refractivity contribution in [2.24, 2.45) is 0 Å². The van der Waals surface area contributed by atoms with E-state index in [1.807, 2.05) is 13.0 Å². The van der Waals surface area contributed by atoms with Crippen LogP contribution in [0.2, 0.25) is 0 Å². The third-order valence-electron chi connectivity index (χ3n) is 4.27. The first-order valence-electron chi connectivity index (χ1n) is 9.67. The Labute approximate surface area is 189 Å². The highest BCUT2D eigenvalue weighted by Gasteiger charge is 2.30. The van der Waals surface area contributed by atoms with Gasteiger partial charge in [-0.1, -0.05) is 40.2 Å². The van der Waals surface area contributed by atoms with E-state index in [0.29, 0.717) is 35.2 Å². The van der Waals surface area contributed by atoms with E-state index in [0.717, 1.165) is 0 Å². The molecule has 9 heteroatoms. The van der Waals surface area contributed by atoms with E-state index in [9.17, 15) is 14.7 Å². The molecule has 2 amide bonds. The van der Waals surface area contributed by atoms with Crippen molar-refractivity contribution in [3.63, 3.8) is 0 Å². The molecular weight excluding hydrogens is 468 g/mol. The fourth-order valence-electron chi connectivity index (χ4n) is 2.90. The molecule has 0 saturated carbocycles. The van der Waals surface area contributed by atoms with E-state index in [4.69, 9.17) is 14.7 Å². The molecule has 0 aliphatic rings. The van der Waals surface area contributed by atoms with Gasteiger partial charge in [0.1, 0.15) is 5.75 Å². The lowest BCUT2D eigenvalue weighted by atomic mass is 9.99. The molecule has 0 fully saturated rings. The van der Waals surface area contributed by atoms with Crippen molar-refractivity contribution < 1.29 is 29.4 Å². The molecule has 0 spiro atoms. The second-order valence-electron chi connectivity index (χ2n) is 6.47. The molecular formula is C22H25BrN2O6. The number of amides is 2. The van der Waals surface area contributed by atoms with Crippen LogP contribution >= 0.6 is 15.9 Å². The van der Waals surface area contributed by atoms with Gasteiger partial charge < -0.3 is 14.6 Å². The average Bonchev–Trinajstić information content (AvgIpc) is 2.76. The van der Waals surface area contributed by atoms with Crippen LogP contribution in [0.5, 0.6) is 5.75 Å². The minimum Gasteiger partial charge on any atom is -0.508 e. The summed E-state index contributed by atoms with van der Waals surface area (Å²) in [5.41, 5.74) is 2.46. The number of carbonyl (C=O) groups excluding carboxylic acids is 2. The number of phenolic OH excluding ortho intramolecular Hbond substituents is 1. The summed E-state index contributed by atoms with van der Waals surface area (Å²) < 4.78 is 12.2. The van der Waals surface area contributed by atoms with Crippen LogP contribution in [0.15, 0.2) is 65.2 Å². The first-order valence-corrected chi connectivity index (χ1v) is 10.5. The van der Waals surface area contributed by atoms with Gasteiger partial charge in [0.2, 0.25) is 0 Å². The SMILES string of the molecule is CCO[C@@H](CC/C=C/C(=O)NO)[C@@H](OC(=O)Nc1ccccc1)c1cc(Br)ccc1O. The van der Waals surface area contributed by atoms with Crippen LogP contribution in [-0.2, 0) is 14.3 Å². The van der Waals surface area contributed by atoms with E-state index < -0.39 is 24.2 Å². The van der Waals surface area contributed by atoms with E-state index >= 15 is 0 Å². The number of allylic oxidation sites excluding steroid dienone is 1. The van der Waals surface area contributed by atoms with Gasteiger partial charge in [-0.05, 0) is 50.1 Å². The van der Waals surface area contributed by atoms with Crippen molar-refractivity contribution in [3.8, 4) is 5.75 Å². The minimum atomic E-state index is -0.916. The fourth-order valence-corrected chi connectivity index (χ4v) is 3.28. The third kappa shape index (κ3) is 8.05. The molecule has 0 aliphatic heterocycles. The van der Waals surface area contributed by atoms with Gasteiger partial charge in [0.15, 0.2) is 6.10 Å². The Bertz CT molecular complexity index is 891. The fraction of sp³-hybridized carbons (Fsp3) is 0.273. The van der Waals surface area contributed by atoms with E-state index in [-0.39, 0.29) is 5.75 Å².